The van der Waals surface area contributed by atoms with E-state index in [0.717, 1.165) is 6.42 Å². The van der Waals surface area contributed by atoms with Gasteiger partial charge in [-0.05, 0) is 44.5 Å². The van der Waals surface area contributed by atoms with Crippen LogP contribution in [0, 0.1) is 0 Å². The zero-order chi connectivity index (χ0) is 11.5. The average molecular weight is 207 g/mol. The van der Waals surface area contributed by atoms with E-state index in [1.807, 2.05) is 20.8 Å². The third kappa shape index (κ3) is 3.27. The first-order chi connectivity index (χ1) is 6.94. The molecule has 1 aromatic carbocycles. The fourth-order valence-electron chi connectivity index (χ4n) is 1.08. The number of aromatic hydroxyl groups is 1. The largest absolute Gasteiger partial charge is 0.508 e. The molecule has 0 atom stereocenters. The van der Waals surface area contributed by atoms with Crippen LogP contribution in [0.3, 0.4) is 0 Å². The molecule has 3 nitrogen and oxygen atoms in total. The second-order valence-electron chi connectivity index (χ2n) is 4.24. The van der Waals surface area contributed by atoms with Crippen molar-refractivity contribution in [3.63, 3.8) is 0 Å². The van der Waals surface area contributed by atoms with Crippen LogP contribution < -0.4 is 5.32 Å². The van der Waals surface area contributed by atoms with Crippen molar-refractivity contribution in [1.29, 1.82) is 0 Å². The first-order valence-corrected chi connectivity index (χ1v) is 5.06. The maximum Gasteiger partial charge on any atom is 0.251 e. The van der Waals surface area contributed by atoms with Gasteiger partial charge >= 0.3 is 0 Å². The lowest BCUT2D eigenvalue weighted by Crippen LogP contribution is -2.42. The van der Waals surface area contributed by atoms with Crippen LogP contribution in [0.4, 0.5) is 0 Å². The van der Waals surface area contributed by atoms with Crippen LogP contribution in [0.15, 0.2) is 24.3 Å². The molecule has 3 heteroatoms. The number of amides is 1. The van der Waals surface area contributed by atoms with E-state index in [1.54, 1.807) is 12.1 Å². The van der Waals surface area contributed by atoms with Gasteiger partial charge in [0.2, 0.25) is 0 Å². The van der Waals surface area contributed by atoms with Gasteiger partial charge in [-0.25, -0.2) is 0 Å². The Morgan fingerprint density at radius 2 is 1.87 bits per heavy atom. The van der Waals surface area contributed by atoms with Crippen molar-refractivity contribution in [1.82, 2.24) is 5.32 Å². The fraction of sp³-hybridized carbons (Fsp3) is 0.417. The van der Waals surface area contributed by atoms with Crippen molar-refractivity contribution in [3.05, 3.63) is 29.8 Å². The molecule has 0 aliphatic rings. The molecule has 0 unspecified atom stereocenters. The third-order valence-electron chi connectivity index (χ3n) is 2.47. The lowest BCUT2D eigenvalue weighted by Gasteiger charge is -2.24. The summed E-state index contributed by atoms with van der Waals surface area (Å²) in [6.07, 6.45) is 0.872. The van der Waals surface area contributed by atoms with E-state index in [1.165, 1.54) is 12.1 Å². The fourth-order valence-corrected chi connectivity index (χ4v) is 1.08. The van der Waals surface area contributed by atoms with E-state index in [2.05, 4.69) is 5.32 Å². The average Bonchev–Trinajstić information content (AvgIpc) is 2.18. The van der Waals surface area contributed by atoms with E-state index in [9.17, 15) is 4.79 Å². The molecule has 2 N–H and O–H groups in total. The van der Waals surface area contributed by atoms with E-state index in [0.29, 0.717) is 5.56 Å². The second kappa shape index (κ2) is 4.34. The van der Waals surface area contributed by atoms with Crippen molar-refractivity contribution in [2.75, 3.05) is 0 Å². The molecule has 0 fully saturated rings. The number of hydrogen-bond donors (Lipinski definition) is 2. The van der Waals surface area contributed by atoms with Crippen LogP contribution in [0.1, 0.15) is 37.6 Å². The SMILES string of the molecule is CCC(C)(C)NC(=O)c1ccc(O)cc1. The summed E-state index contributed by atoms with van der Waals surface area (Å²) in [6, 6.07) is 6.23. The van der Waals surface area contributed by atoms with Crippen molar-refractivity contribution < 1.29 is 9.90 Å². The molecule has 0 heterocycles. The first kappa shape index (κ1) is 11.6. The van der Waals surface area contributed by atoms with Gasteiger partial charge in [-0.3, -0.25) is 4.79 Å². The van der Waals surface area contributed by atoms with Gasteiger partial charge in [0.25, 0.3) is 5.91 Å². The van der Waals surface area contributed by atoms with Gasteiger partial charge < -0.3 is 10.4 Å². The van der Waals surface area contributed by atoms with Crippen LogP contribution in [0.5, 0.6) is 5.75 Å². The van der Waals surface area contributed by atoms with Crippen LogP contribution in [-0.4, -0.2) is 16.6 Å². The summed E-state index contributed by atoms with van der Waals surface area (Å²) in [6.45, 7) is 5.98. The normalized spacial score (nSPS) is 11.1. The molecule has 0 saturated carbocycles. The molecule has 1 aromatic rings. The quantitative estimate of drug-likeness (QED) is 0.799. The Kier molecular flexibility index (Phi) is 3.35. The summed E-state index contributed by atoms with van der Waals surface area (Å²) in [5.41, 5.74) is 0.365. The topological polar surface area (TPSA) is 49.3 Å². The van der Waals surface area contributed by atoms with Crippen molar-refractivity contribution in [3.8, 4) is 5.75 Å². The van der Waals surface area contributed by atoms with E-state index in [-0.39, 0.29) is 17.2 Å². The summed E-state index contributed by atoms with van der Waals surface area (Å²) >= 11 is 0. The van der Waals surface area contributed by atoms with E-state index < -0.39 is 0 Å². The molecule has 0 aliphatic heterocycles. The molecule has 82 valence electrons. The zero-order valence-electron chi connectivity index (χ0n) is 9.37. The van der Waals surface area contributed by atoms with Gasteiger partial charge in [-0.1, -0.05) is 6.92 Å². The molecular formula is C12H17NO2. The Hall–Kier alpha value is -1.51. The van der Waals surface area contributed by atoms with Crippen molar-refractivity contribution in [2.24, 2.45) is 0 Å². The van der Waals surface area contributed by atoms with Gasteiger partial charge in [-0.2, -0.15) is 0 Å². The number of rotatable bonds is 3. The first-order valence-electron chi connectivity index (χ1n) is 5.06. The highest BCUT2D eigenvalue weighted by Gasteiger charge is 2.18. The maximum atomic E-state index is 11.7. The highest BCUT2D eigenvalue weighted by molar-refractivity contribution is 5.94. The molecule has 0 aromatic heterocycles. The van der Waals surface area contributed by atoms with E-state index in [4.69, 9.17) is 5.11 Å². The van der Waals surface area contributed by atoms with Crippen LogP contribution in [-0.2, 0) is 0 Å². The molecule has 0 aliphatic carbocycles. The van der Waals surface area contributed by atoms with Gasteiger partial charge in [-0.15, -0.1) is 0 Å². The number of phenolic OH excluding ortho intramolecular Hbond substituents is 1. The van der Waals surface area contributed by atoms with Crippen molar-refractivity contribution >= 4 is 5.91 Å². The van der Waals surface area contributed by atoms with Crippen LogP contribution in [0.25, 0.3) is 0 Å². The summed E-state index contributed by atoms with van der Waals surface area (Å²) in [7, 11) is 0. The monoisotopic (exact) mass is 207 g/mol. The van der Waals surface area contributed by atoms with Gasteiger partial charge in [0.15, 0.2) is 0 Å². The predicted molar refractivity (Wildman–Crippen MR) is 59.9 cm³/mol. The Morgan fingerprint density at radius 1 is 1.33 bits per heavy atom. The van der Waals surface area contributed by atoms with Gasteiger partial charge in [0.05, 0.1) is 0 Å². The minimum absolute atomic E-state index is 0.109. The number of phenols is 1. The Bertz CT molecular complexity index is 341. The van der Waals surface area contributed by atoms with Gasteiger partial charge in [0.1, 0.15) is 5.75 Å². The Balaban J connectivity index is 2.74. The minimum atomic E-state index is -0.199. The second-order valence-corrected chi connectivity index (χ2v) is 4.24. The number of carbonyl (C=O) groups is 1. The Morgan fingerprint density at radius 3 is 2.33 bits per heavy atom. The van der Waals surface area contributed by atoms with Gasteiger partial charge in [0, 0.05) is 11.1 Å². The molecule has 1 amide bonds. The van der Waals surface area contributed by atoms with E-state index >= 15 is 0 Å². The molecule has 15 heavy (non-hydrogen) atoms. The zero-order valence-corrected chi connectivity index (χ0v) is 9.37. The Labute approximate surface area is 90.1 Å². The summed E-state index contributed by atoms with van der Waals surface area (Å²) in [4.78, 5) is 11.7. The molecule has 0 bridgehead atoms. The highest BCUT2D eigenvalue weighted by atomic mass is 16.3. The number of benzene rings is 1. The minimum Gasteiger partial charge on any atom is -0.508 e. The van der Waals surface area contributed by atoms with Crippen LogP contribution in [0.2, 0.25) is 0 Å². The lowest BCUT2D eigenvalue weighted by atomic mass is 10.0. The molecule has 0 radical (unpaired) electrons. The summed E-state index contributed by atoms with van der Waals surface area (Å²) in [5.74, 6) is 0.0585. The van der Waals surface area contributed by atoms with Crippen LogP contribution >= 0.6 is 0 Å². The lowest BCUT2D eigenvalue weighted by molar-refractivity contribution is 0.0911. The smallest absolute Gasteiger partial charge is 0.251 e. The molecule has 0 spiro atoms. The standard InChI is InChI=1S/C12H17NO2/c1-4-12(2,3)13-11(15)9-5-7-10(14)8-6-9/h5-8,14H,4H2,1-3H3,(H,13,15). The molecule has 0 saturated heterocycles. The third-order valence-corrected chi connectivity index (χ3v) is 2.47. The number of nitrogens with one attached hydrogen (secondary N) is 1. The molecular weight excluding hydrogens is 190 g/mol. The highest BCUT2D eigenvalue weighted by Crippen LogP contribution is 2.12. The predicted octanol–water partition coefficient (Wildman–Crippen LogP) is 2.31. The summed E-state index contributed by atoms with van der Waals surface area (Å²) < 4.78 is 0. The molecule has 1 rings (SSSR count). The number of hydrogen-bond acceptors (Lipinski definition) is 2. The summed E-state index contributed by atoms with van der Waals surface area (Å²) in [5, 5.41) is 12.0. The van der Waals surface area contributed by atoms with Crippen molar-refractivity contribution in [2.45, 2.75) is 32.7 Å². The maximum absolute atomic E-state index is 11.7. The number of carbonyl (C=O) groups excluding carboxylic acids is 1.